The lowest BCUT2D eigenvalue weighted by Crippen LogP contribution is -2.27. The largest absolute Gasteiger partial charge is 0.393 e. The highest BCUT2D eigenvalue weighted by Crippen LogP contribution is 2.24. The van der Waals surface area contributed by atoms with E-state index in [0.29, 0.717) is 4.99 Å². The zero-order valence-corrected chi connectivity index (χ0v) is 11.6. The summed E-state index contributed by atoms with van der Waals surface area (Å²) in [4.78, 5) is 3.25. The highest BCUT2D eigenvalue weighted by atomic mass is 32.1. The molecule has 94 valence electrons. The summed E-state index contributed by atoms with van der Waals surface area (Å²) < 4.78 is 0. The maximum absolute atomic E-state index is 5.51. The molecule has 0 bridgehead atoms. The number of thiocarbonyl (C=S) groups is 1. The van der Waals surface area contributed by atoms with E-state index in [4.69, 9.17) is 18.0 Å². The van der Waals surface area contributed by atoms with E-state index in [1.807, 2.05) is 0 Å². The quantitative estimate of drug-likeness (QED) is 0.752. The van der Waals surface area contributed by atoms with Crippen LogP contribution < -0.4 is 5.73 Å². The van der Waals surface area contributed by atoms with Crippen molar-refractivity contribution in [3.8, 4) is 0 Å². The van der Waals surface area contributed by atoms with Gasteiger partial charge < -0.3 is 10.6 Å². The average molecular weight is 242 g/mol. The number of nitrogens with zero attached hydrogens (tertiary/aromatic N) is 1. The van der Waals surface area contributed by atoms with Crippen molar-refractivity contribution in [2.24, 2.45) is 17.6 Å². The van der Waals surface area contributed by atoms with E-state index in [1.165, 1.54) is 38.9 Å². The van der Waals surface area contributed by atoms with Gasteiger partial charge >= 0.3 is 0 Å². The van der Waals surface area contributed by atoms with Gasteiger partial charge in [0.25, 0.3) is 0 Å². The second kappa shape index (κ2) is 7.23. The van der Waals surface area contributed by atoms with Crippen LogP contribution >= 0.6 is 12.2 Å². The molecule has 16 heavy (non-hydrogen) atoms. The van der Waals surface area contributed by atoms with Crippen molar-refractivity contribution in [1.29, 1.82) is 0 Å². The number of likely N-dealkylation sites (tertiary alicyclic amines) is 1. The SMILES string of the molecule is CC(C)C1CCCN(CCCC(N)=S)CC1. The first-order valence-electron chi connectivity index (χ1n) is 6.60. The Kier molecular flexibility index (Phi) is 6.29. The Bertz CT molecular complexity index is 216. The molecule has 1 saturated heterocycles. The van der Waals surface area contributed by atoms with Gasteiger partial charge in [-0.3, -0.25) is 0 Å². The molecule has 1 heterocycles. The summed E-state index contributed by atoms with van der Waals surface area (Å²) in [7, 11) is 0. The molecule has 0 aromatic carbocycles. The smallest absolute Gasteiger partial charge is 0.0727 e. The monoisotopic (exact) mass is 242 g/mol. The number of hydrogen-bond acceptors (Lipinski definition) is 2. The molecule has 0 radical (unpaired) electrons. The molecule has 3 heteroatoms. The molecule has 0 saturated carbocycles. The lowest BCUT2D eigenvalue weighted by atomic mass is 9.89. The third-order valence-corrected chi connectivity index (χ3v) is 3.91. The fourth-order valence-electron chi connectivity index (χ4n) is 2.55. The van der Waals surface area contributed by atoms with Gasteiger partial charge in [0.05, 0.1) is 4.99 Å². The summed E-state index contributed by atoms with van der Waals surface area (Å²) in [6.45, 7) is 8.41. The average Bonchev–Trinajstić information content (AvgIpc) is 2.42. The maximum atomic E-state index is 5.51. The van der Waals surface area contributed by atoms with Gasteiger partial charge in [-0.25, -0.2) is 0 Å². The van der Waals surface area contributed by atoms with Crippen LogP contribution in [0.25, 0.3) is 0 Å². The van der Waals surface area contributed by atoms with Crippen molar-refractivity contribution in [1.82, 2.24) is 4.90 Å². The maximum Gasteiger partial charge on any atom is 0.0727 e. The fraction of sp³-hybridized carbons (Fsp3) is 0.923. The molecule has 1 rings (SSSR count). The van der Waals surface area contributed by atoms with E-state index < -0.39 is 0 Å². The standard InChI is InChI=1S/C13H26N2S/c1-11(2)12-5-3-8-15(10-7-12)9-4-6-13(14)16/h11-12H,3-10H2,1-2H3,(H2,14,16). The van der Waals surface area contributed by atoms with Gasteiger partial charge in [0.2, 0.25) is 0 Å². The molecule has 0 amide bonds. The first kappa shape index (κ1) is 13.9. The topological polar surface area (TPSA) is 29.3 Å². The Morgan fingerprint density at radius 1 is 1.38 bits per heavy atom. The van der Waals surface area contributed by atoms with E-state index in [-0.39, 0.29) is 0 Å². The number of nitrogens with two attached hydrogens (primary N) is 1. The van der Waals surface area contributed by atoms with Gasteiger partial charge in [-0.05, 0) is 63.6 Å². The summed E-state index contributed by atoms with van der Waals surface area (Å²) in [5.41, 5.74) is 5.51. The van der Waals surface area contributed by atoms with Crippen LogP contribution in [0.15, 0.2) is 0 Å². The van der Waals surface area contributed by atoms with E-state index in [1.54, 1.807) is 0 Å². The minimum absolute atomic E-state index is 0.662. The van der Waals surface area contributed by atoms with E-state index in [9.17, 15) is 0 Å². The molecule has 1 aliphatic heterocycles. The van der Waals surface area contributed by atoms with Gasteiger partial charge in [-0.1, -0.05) is 26.1 Å². The van der Waals surface area contributed by atoms with Crippen LogP contribution in [0, 0.1) is 11.8 Å². The predicted molar refractivity (Wildman–Crippen MR) is 74.6 cm³/mol. The number of hydrogen-bond donors (Lipinski definition) is 1. The summed E-state index contributed by atoms with van der Waals surface area (Å²) in [5.74, 6) is 1.78. The molecular formula is C13H26N2S. The minimum Gasteiger partial charge on any atom is -0.393 e. The molecular weight excluding hydrogens is 216 g/mol. The summed E-state index contributed by atoms with van der Waals surface area (Å²) >= 11 is 4.90. The highest BCUT2D eigenvalue weighted by Gasteiger charge is 2.18. The molecule has 0 aromatic heterocycles. The molecule has 1 fully saturated rings. The van der Waals surface area contributed by atoms with Crippen LogP contribution in [-0.4, -0.2) is 29.5 Å². The van der Waals surface area contributed by atoms with Crippen molar-refractivity contribution in [3.63, 3.8) is 0 Å². The van der Waals surface area contributed by atoms with Crippen LogP contribution in [0.4, 0.5) is 0 Å². The lowest BCUT2D eigenvalue weighted by molar-refractivity contribution is 0.270. The van der Waals surface area contributed by atoms with E-state index in [2.05, 4.69) is 18.7 Å². The molecule has 0 aromatic rings. The van der Waals surface area contributed by atoms with Gasteiger partial charge in [-0.2, -0.15) is 0 Å². The molecule has 1 unspecified atom stereocenters. The number of rotatable bonds is 5. The van der Waals surface area contributed by atoms with Crippen LogP contribution in [0.5, 0.6) is 0 Å². The van der Waals surface area contributed by atoms with Crippen LogP contribution in [-0.2, 0) is 0 Å². The van der Waals surface area contributed by atoms with Crippen molar-refractivity contribution in [2.45, 2.75) is 46.0 Å². The lowest BCUT2D eigenvalue weighted by Gasteiger charge is -2.21. The third-order valence-electron chi connectivity index (χ3n) is 3.71. The van der Waals surface area contributed by atoms with Crippen molar-refractivity contribution in [2.75, 3.05) is 19.6 Å². The zero-order chi connectivity index (χ0) is 12.0. The highest BCUT2D eigenvalue weighted by molar-refractivity contribution is 7.80. The normalized spacial score (nSPS) is 23.3. The molecule has 0 aliphatic carbocycles. The predicted octanol–water partition coefficient (Wildman–Crippen LogP) is 2.81. The molecule has 2 N–H and O–H groups in total. The second-order valence-corrected chi connectivity index (χ2v) is 5.87. The van der Waals surface area contributed by atoms with Gasteiger partial charge in [0.1, 0.15) is 0 Å². The summed E-state index contributed by atoms with van der Waals surface area (Å²) in [5, 5.41) is 0. The molecule has 2 nitrogen and oxygen atoms in total. The van der Waals surface area contributed by atoms with Crippen LogP contribution in [0.2, 0.25) is 0 Å². The first-order valence-corrected chi connectivity index (χ1v) is 7.01. The molecule has 0 spiro atoms. The Morgan fingerprint density at radius 3 is 2.75 bits per heavy atom. The van der Waals surface area contributed by atoms with Gasteiger partial charge in [0, 0.05) is 0 Å². The van der Waals surface area contributed by atoms with Crippen molar-refractivity contribution < 1.29 is 0 Å². The third kappa shape index (κ3) is 5.26. The summed E-state index contributed by atoms with van der Waals surface area (Å²) in [6, 6.07) is 0. The van der Waals surface area contributed by atoms with Crippen LogP contribution in [0.1, 0.15) is 46.0 Å². The van der Waals surface area contributed by atoms with Crippen molar-refractivity contribution in [3.05, 3.63) is 0 Å². The first-order chi connectivity index (χ1) is 7.59. The van der Waals surface area contributed by atoms with Crippen molar-refractivity contribution >= 4 is 17.2 Å². The minimum atomic E-state index is 0.662. The van der Waals surface area contributed by atoms with Crippen LogP contribution in [0.3, 0.4) is 0 Å². The fourth-order valence-corrected chi connectivity index (χ4v) is 2.69. The zero-order valence-electron chi connectivity index (χ0n) is 10.7. The molecule has 1 aliphatic rings. The Balaban J connectivity index is 2.22. The molecule has 1 atom stereocenters. The van der Waals surface area contributed by atoms with Gasteiger partial charge in [-0.15, -0.1) is 0 Å². The van der Waals surface area contributed by atoms with E-state index >= 15 is 0 Å². The second-order valence-electron chi connectivity index (χ2n) is 5.35. The Morgan fingerprint density at radius 2 is 2.12 bits per heavy atom. The van der Waals surface area contributed by atoms with E-state index in [0.717, 1.165) is 24.7 Å². The summed E-state index contributed by atoms with van der Waals surface area (Å²) in [6.07, 6.45) is 6.16. The Labute approximate surface area is 106 Å². The van der Waals surface area contributed by atoms with Gasteiger partial charge in [0.15, 0.2) is 0 Å². The Hall–Kier alpha value is -0.150.